The summed E-state index contributed by atoms with van der Waals surface area (Å²) in [6, 6.07) is 9.87. The van der Waals surface area contributed by atoms with Crippen LogP contribution in [-0.4, -0.2) is 48.4 Å². The second-order valence-corrected chi connectivity index (χ2v) is 7.26. The lowest BCUT2D eigenvalue weighted by molar-refractivity contribution is -0.0801. The highest BCUT2D eigenvalue weighted by molar-refractivity contribution is 5.85. The van der Waals surface area contributed by atoms with Crippen molar-refractivity contribution in [2.45, 2.75) is 32.3 Å². The van der Waals surface area contributed by atoms with E-state index in [2.05, 4.69) is 33.2 Å². The van der Waals surface area contributed by atoms with E-state index < -0.39 is 0 Å². The topological polar surface area (TPSA) is 59.5 Å². The fourth-order valence-electron chi connectivity index (χ4n) is 3.66. The number of rotatable bonds is 3. The Kier molecular flexibility index (Phi) is 6.19. The van der Waals surface area contributed by atoms with Gasteiger partial charge in [-0.3, -0.25) is 0 Å². The van der Waals surface area contributed by atoms with E-state index in [0.717, 1.165) is 68.6 Å². The average Bonchev–Trinajstić information content (AvgIpc) is 2.62. The second kappa shape index (κ2) is 8.42. The molecule has 2 aliphatic rings. The van der Waals surface area contributed by atoms with Gasteiger partial charge in [0, 0.05) is 37.9 Å². The normalized spacial score (nSPS) is 18.8. The summed E-state index contributed by atoms with van der Waals surface area (Å²) in [5, 5.41) is 3.46. The first kappa shape index (κ1) is 19.9. The van der Waals surface area contributed by atoms with Gasteiger partial charge in [0.15, 0.2) is 0 Å². The molecule has 0 unspecified atom stereocenters. The van der Waals surface area contributed by atoms with Crippen LogP contribution in [0, 0.1) is 13.8 Å². The van der Waals surface area contributed by atoms with Crippen molar-refractivity contribution >= 4 is 18.4 Å². The van der Waals surface area contributed by atoms with E-state index in [1.54, 1.807) is 0 Å². The number of morpholine rings is 1. The lowest BCUT2D eigenvalue weighted by atomic mass is 9.90. The van der Waals surface area contributed by atoms with Crippen LogP contribution >= 0.6 is 12.4 Å². The molecule has 7 heteroatoms. The maximum Gasteiger partial charge on any atom is 0.228 e. The Morgan fingerprint density at radius 1 is 1.15 bits per heavy atom. The molecule has 0 amide bonds. The first-order chi connectivity index (χ1) is 12.6. The third-order valence-electron chi connectivity index (χ3n) is 5.12. The number of hydrogen-bond donors (Lipinski definition) is 1. The quantitative estimate of drug-likeness (QED) is 0.868. The molecule has 0 saturated carbocycles. The number of nitrogens with one attached hydrogen (secondary N) is 1. The standard InChI is InChI=1S/C20H26N4O2.ClH/c1-15-4-3-5-17(12-15)26-18-13-16(2)22-19(23-18)24-9-6-20(7-10-24)14-21-8-11-25-20;/h3-5,12-13,21H,6-11,14H2,1-2H3;1H. The molecule has 3 heterocycles. The zero-order valence-corrected chi connectivity index (χ0v) is 16.7. The Bertz CT molecular complexity index is 770. The van der Waals surface area contributed by atoms with Gasteiger partial charge in [0.2, 0.25) is 11.8 Å². The highest BCUT2D eigenvalue weighted by Gasteiger charge is 2.37. The molecule has 2 fully saturated rings. The summed E-state index contributed by atoms with van der Waals surface area (Å²) in [4.78, 5) is 11.5. The van der Waals surface area contributed by atoms with Crippen molar-refractivity contribution in [1.82, 2.24) is 15.3 Å². The average molecular weight is 391 g/mol. The SMILES string of the molecule is Cc1cccc(Oc2cc(C)nc(N3CCC4(CC3)CNCCO4)n2)c1.Cl. The molecule has 4 rings (SSSR count). The molecular weight excluding hydrogens is 364 g/mol. The number of aromatic nitrogens is 2. The van der Waals surface area contributed by atoms with Crippen molar-refractivity contribution in [2.24, 2.45) is 0 Å². The minimum absolute atomic E-state index is 0. The zero-order valence-electron chi connectivity index (χ0n) is 15.9. The van der Waals surface area contributed by atoms with Gasteiger partial charge in [0.1, 0.15) is 5.75 Å². The van der Waals surface area contributed by atoms with Gasteiger partial charge in [0.05, 0.1) is 12.2 Å². The molecule has 1 N–H and O–H groups in total. The van der Waals surface area contributed by atoms with E-state index in [1.807, 2.05) is 31.2 Å². The van der Waals surface area contributed by atoms with Gasteiger partial charge in [0.25, 0.3) is 0 Å². The first-order valence-corrected chi connectivity index (χ1v) is 9.32. The monoisotopic (exact) mass is 390 g/mol. The van der Waals surface area contributed by atoms with Gasteiger partial charge in [-0.15, -0.1) is 12.4 Å². The first-order valence-electron chi connectivity index (χ1n) is 9.32. The molecule has 1 aromatic heterocycles. The Labute approximate surface area is 166 Å². The van der Waals surface area contributed by atoms with E-state index in [1.165, 1.54) is 0 Å². The van der Waals surface area contributed by atoms with Gasteiger partial charge in [-0.2, -0.15) is 4.98 Å². The summed E-state index contributed by atoms with van der Waals surface area (Å²) >= 11 is 0. The molecule has 0 radical (unpaired) electrons. The minimum Gasteiger partial charge on any atom is -0.439 e. The molecule has 27 heavy (non-hydrogen) atoms. The maximum atomic E-state index is 6.07. The molecule has 1 spiro atoms. The van der Waals surface area contributed by atoms with Crippen molar-refractivity contribution in [1.29, 1.82) is 0 Å². The van der Waals surface area contributed by atoms with E-state index >= 15 is 0 Å². The van der Waals surface area contributed by atoms with Crippen LogP contribution in [0.2, 0.25) is 0 Å². The van der Waals surface area contributed by atoms with Crippen LogP contribution < -0.4 is 15.0 Å². The van der Waals surface area contributed by atoms with Gasteiger partial charge in [-0.1, -0.05) is 12.1 Å². The molecule has 1 aromatic carbocycles. The zero-order chi connectivity index (χ0) is 18.0. The Morgan fingerprint density at radius 2 is 1.96 bits per heavy atom. The van der Waals surface area contributed by atoms with Crippen molar-refractivity contribution in [2.75, 3.05) is 37.7 Å². The van der Waals surface area contributed by atoms with Crippen molar-refractivity contribution in [3.63, 3.8) is 0 Å². The molecule has 2 aliphatic heterocycles. The van der Waals surface area contributed by atoms with Gasteiger partial charge in [-0.05, 0) is 44.4 Å². The van der Waals surface area contributed by atoms with Gasteiger partial charge < -0.3 is 19.7 Å². The largest absolute Gasteiger partial charge is 0.439 e. The summed E-state index contributed by atoms with van der Waals surface area (Å²) in [5.41, 5.74) is 2.06. The predicted octanol–water partition coefficient (Wildman–Crippen LogP) is 3.27. The van der Waals surface area contributed by atoms with Crippen molar-refractivity contribution < 1.29 is 9.47 Å². The molecule has 6 nitrogen and oxygen atoms in total. The van der Waals surface area contributed by atoms with Gasteiger partial charge in [-0.25, -0.2) is 4.98 Å². The van der Waals surface area contributed by atoms with E-state index in [0.29, 0.717) is 5.88 Å². The van der Waals surface area contributed by atoms with E-state index in [-0.39, 0.29) is 18.0 Å². The fourth-order valence-corrected chi connectivity index (χ4v) is 3.66. The van der Waals surface area contributed by atoms with Crippen LogP contribution in [-0.2, 0) is 4.74 Å². The van der Waals surface area contributed by atoms with Crippen LogP contribution in [0.3, 0.4) is 0 Å². The number of piperidine rings is 1. The number of ether oxygens (including phenoxy) is 2. The molecule has 2 saturated heterocycles. The number of anilines is 1. The number of halogens is 1. The molecule has 0 atom stereocenters. The van der Waals surface area contributed by atoms with Crippen molar-refractivity contribution in [3.05, 3.63) is 41.6 Å². The van der Waals surface area contributed by atoms with Crippen LogP contribution in [0.1, 0.15) is 24.1 Å². The Morgan fingerprint density at radius 3 is 2.67 bits per heavy atom. The van der Waals surface area contributed by atoms with Crippen molar-refractivity contribution in [3.8, 4) is 11.6 Å². The molecule has 146 valence electrons. The lowest BCUT2D eigenvalue weighted by Crippen LogP contribution is -2.55. The van der Waals surface area contributed by atoms with Gasteiger partial charge >= 0.3 is 0 Å². The maximum absolute atomic E-state index is 6.07. The number of hydrogen-bond acceptors (Lipinski definition) is 6. The van der Waals surface area contributed by atoms with Crippen LogP contribution in [0.5, 0.6) is 11.6 Å². The van der Waals surface area contributed by atoms with Crippen LogP contribution in [0.25, 0.3) is 0 Å². The second-order valence-electron chi connectivity index (χ2n) is 7.26. The number of nitrogens with zero attached hydrogens (tertiary/aromatic N) is 3. The summed E-state index contributed by atoms with van der Waals surface area (Å²) in [5.74, 6) is 2.13. The molecule has 2 aromatic rings. The summed E-state index contributed by atoms with van der Waals surface area (Å²) < 4.78 is 12.0. The van der Waals surface area contributed by atoms with Crippen LogP contribution in [0.15, 0.2) is 30.3 Å². The minimum atomic E-state index is -0.0144. The Hall–Kier alpha value is -1.89. The molecular formula is C20H27ClN4O2. The molecule has 0 aliphatic carbocycles. The highest BCUT2D eigenvalue weighted by atomic mass is 35.5. The third-order valence-corrected chi connectivity index (χ3v) is 5.12. The summed E-state index contributed by atoms with van der Waals surface area (Å²) in [7, 11) is 0. The smallest absolute Gasteiger partial charge is 0.228 e. The van der Waals surface area contributed by atoms with E-state index in [9.17, 15) is 0 Å². The third kappa shape index (κ3) is 4.69. The van der Waals surface area contributed by atoms with Crippen LogP contribution in [0.4, 0.5) is 5.95 Å². The summed E-state index contributed by atoms with van der Waals surface area (Å²) in [6.45, 7) is 8.52. The lowest BCUT2D eigenvalue weighted by Gasteiger charge is -2.44. The molecule has 0 bridgehead atoms. The summed E-state index contributed by atoms with van der Waals surface area (Å²) in [6.07, 6.45) is 1.98. The fraction of sp³-hybridized carbons (Fsp3) is 0.500. The van der Waals surface area contributed by atoms with E-state index in [4.69, 9.17) is 9.47 Å². The number of aryl methyl sites for hydroxylation is 2. The number of benzene rings is 1. The predicted molar refractivity (Wildman–Crippen MR) is 108 cm³/mol. The highest BCUT2D eigenvalue weighted by Crippen LogP contribution is 2.30. The Balaban J connectivity index is 0.00000210.